The van der Waals surface area contributed by atoms with E-state index in [1.54, 1.807) is 30.7 Å². The molecule has 1 aromatic heterocycles. The van der Waals surface area contributed by atoms with Crippen molar-refractivity contribution in [2.45, 2.75) is 12.5 Å². The molecular formula is C15H22N4OS. The summed E-state index contributed by atoms with van der Waals surface area (Å²) in [4.78, 5) is 14.8. The molecule has 1 aliphatic heterocycles. The third-order valence-electron chi connectivity index (χ3n) is 2.76. The molecule has 0 radical (unpaired) electrons. The lowest BCUT2D eigenvalue weighted by atomic mass is 10.3. The Kier molecular flexibility index (Phi) is 8.83. The molecule has 1 aliphatic rings. The first kappa shape index (κ1) is 17.1. The van der Waals surface area contributed by atoms with Crippen LogP contribution in [0.1, 0.15) is 11.3 Å². The number of thiophene rings is 1. The summed E-state index contributed by atoms with van der Waals surface area (Å²) in [6.07, 6.45) is 9.13. The normalized spacial score (nSPS) is 18.7. The van der Waals surface area contributed by atoms with Crippen LogP contribution in [0.2, 0.25) is 0 Å². The van der Waals surface area contributed by atoms with Crippen LogP contribution in [0.4, 0.5) is 0 Å². The van der Waals surface area contributed by atoms with Crippen molar-refractivity contribution in [2.24, 2.45) is 10.7 Å². The Morgan fingerprint density at radius 2 is 2.48 bits per heavy atom. The van der Waals surface area contributed by atoms with E-state index in [1.807, 2.05) is 29.7 Å². The van der Waals surface area contributed by atoms with Crippen LogP contribution >= 0.6 is 11.3 Å². The number of carbonyl (C=O) groups excluding carboxylic acids is 1. The average molecular weight is 306 g/mol. The van der Waals surface area contributed by atoms with Gasteiger partial charge in [-0.1, -0.05) is 6.07 Å². The lowest BCUT2D eigenvalue weighted by Crippen LogP contribution is -2.29. The van der Waals surface area contributed by atoms with Gasteiger partial charge in [0, 0.05) is 36.4 Å². The van der Waals surface area contributed by atoms with Gasteiger partial charge in [0.15, 0.2) is 0 Å². The summed E-state index contributed by atoms with van der Waals surface area (Å²) in [5.74, 6) is 0. The van der Waals surface area contributed by atoms with Gasteiger partial charge in [0.05, 0.1) is 0 Å². The zero-order valence-corrected chi connectivity index (χ0v) is 13.0. The minimum absolute atomic E-state index is 0.382. The van der Waals surface area contributed by atoms with Gasteiger partial charge in [-0.15, -0.1) is 11.3 Å². The Bertz CT molecular complexity index is 474. The number of amides is 1. The Morgan fingerprint density at radius 3 is 3.05 bits per heavy atom. The first-order valence-corrected chi connectivity index (χ1v) is 7.64. The fourth-order valence-electron chi connectivity index (χ4n) is 1.67. The summed E-state index contributed by atoms with van der Waals surface area (Å²) < 4.78 is 0. The molecule has 21 heavy (non-hydrogen) atoms. The number of nitrogens with one attached hydrogen (secondary N) is 2. The fourth-order valence-corrected chi connectivity index (χ4v) is 2.29. The Labute approximate surface area is 129 Å². The van der Waals surface area contributed by atoms with E-state index in [-0.39, 0.29) is 0 Å². The van der Waals surface area contributed by atoms with Gasteiger partial charge in [0.25, 0.3) is 0 Å². The molecule has 0 spiro atoms. The number of carbonyl (C=O) groups is 1. The van der Waals surface area contributed by atoms with E-state index in [0.29, 0.717) is 11.7 Å². The van der Waals surface area contributed by atoms with E-state index in [2.05, 4.69) is 15.6 Å². The highest BCUT2D eigenvalue weighted by Crippen LogP contribution is 2.10. The van der Waals surface area contributed by atoms with Gasteiger partial charge in [-0.25, -0.2) is 0 Å². The molecular weight excluding hydrogens is 284 g/mol. The van der Waals surface area contributed by atoms with Crippen molar-refractivity contribution in [3.05, 3.63) is 40.2 Å². The van der Waals surface area contributed by atoms with Crippen molar-refractivity contribution in [2.75, 3.05) is 20.1 Å². The standard InChI is InChI=1S/C10H12N2S.C5H10N2O/c1-12-7-6-9(11)4-5-10-3-2-8-13-10;8-4-7-5-1-2-6-3-5/h2-8H,11H2,1H3;4-6H,1-3H2,(H,7,8)/b5-4+,9-6-,12-7?;. The van der Waals surface area contributed by atoms with Gasteiger partial charge in [0.1, 0.15) is 0 Å². The number of rotatable bonds is 5. The minimum atomic E-state index is 0.382. The van der Waals surface area contributed by atoms with Crippen molar-refractivity contribution >= 4 is 30.0 Å². The molecule has 2 rings (SSSR count). The fraction of sp³-hybridized carbons (Fsp3) is 0.333. The Morgan fingerprint density at radius 1 is 1.62 bits per heavy atom. The highest BCUT2D eigenvalue weighted by atomic mass is 32.1. The molecule has 5 nitrogen and oxygen atoms in total. The summed E-state index contributed by atoms with van der Waals surface area (Å²) in [6, 6.07) is 4.44. The maximum absolute atomic E-state index is 9.82. The van der Waals surface area contributed by atoms with Gasteiger partial charge in [-0.2, -0.15) is 0 Å². The highest BCUT2D eigenvalue weighted by molar-refractivity contribution is 7.10. The third-order valence-corrected chi connectivity index (χ3v) is 3.60. The topological polar surface area (TPSA) is 79.5 Å². The van der Waals surface area contributed by atoms with Crippen molar-refractivity contribution in [1.82, 2.24) is 10.6 Å². The van der Waals surface area contributed by atoms with E-state index in [0.717, 1.165) is 25.9 Å². The zero-order chi connectivity index (χ0) is 15.3. The molecule has 0 aromatic carbocycles. The molecule has 0 aliphatic carbocycles. The van der Waals surface area contributed by atoms with Gasteiger partial charge in [0.2, 0.25) is 6.41 Å². The summed E-state index contributed by atoms with van der Waals surface area (Å²) in [6.45, 7) is 1.96. The molecule has 2 heterocycles. The third kappa shape index (κ3) is 8.06. The average Bonchev–Trinajstić information content (AvgIpc) is 3.17. The first-order chi connectivity index (χ1) is 10.3. The van der Waals surface area contributed by atoms with Gasteiger partial charge in [-0.05, 0) is 42.6 Å². The molecule has 1 fully saturated rings. The number of hydrogen-bond donors (Lipinski definition) is 3. The molecule has 1 atom stereocenters. The summed E-state index contributed by atoms with van der Waals surface area (Å²) in [7, 11) is 1.72. The predicted molar refractivity (Wildman–Crippen MR) is 90.5 cm³/mol. The molecule has 0 bridgehead atoms. The molecule has 1 unspecified atom stereocenters. The largest absolute Gasteiger partial charge is 0.399 e. The number of allylic oxidation sites excluding steroid dienone is 2. The highest BCUT2D eigenvalue weighted by Gasteiger charge is 2.11. The van der Waals surface area contributed by atoms with Crippen molar-refractivity contribution < 1.29 is 4.79 Å². The van der Waals surface area contributed by atoms with Crippen LogP contribution in [0.5, 0.6) is 0 Å². The second-order valence-electron chi connectivity index (χ2n) is 4.40. The van der Waals surface area contributed by atoms with Crippen LogP contribution in [0, 0.1) is 0 Å². The van der Waals surface area contributed by atoms with E-state index < -0.39 is 0 Å². The van der Waals surface area contributed by atoms with E-state index in [1.165, 1.54) is 4.88 Å². The second kappa shape index (κ2) is 10.8. The first-order valence-electron chi connectivity index (χ1n) is 6.76. The monoisotopic (exact) mass is 306 g/mol. The lowest BCUT2D eigenvalue weighted by molar-refractivity contribution is -0.110. The van der Waals surface area contributed by atoms with E-state index in [4.69, 9.17) is 5.73 Å². The van der Waals surface area contributed by atoms with Crippen LogP contribution < -0.4 is 16.4 Å². The van der Waals surface area contributed by atoms with Crippen LogP contribution in [0.25, 0.3) is 6.08 Å². The predicted octanol–water partition coefficient (Wildman–Crippen LogP) is 1.40. The molecule has 6 heteroatoms. The van der Waals surface area contributed by atoms with Crippen LogP contribution in [0.3, 0.4) is 0 Å². The number of aliphatic imine (C=N–C) groups is 1. The second-order valence-corrected chi connectivity index (χ2v) is 5.38. The minimum Gasteiger partial charge on any atom is -0.399 e. The van der Waals surface area contributed by atoms with Crippen LogP contribution in [-0.4, -0.2) is 38.8 Å². The molecule has 0 saturated carbocycles. The smallest absolute Gasteiger partial charge is 0.207 e. The number of nitrogens with two attached hydrogens (primary N) is 1. The maximum Gasteiger partial charge on any atom is 0.207 e. The molecule has 1 aromatic rings. The summed E-state index contributed by atoms with van der Waals surface area (Å²) in [5, 5.41) is 7.87. The molecule has 1 saturated heterocycles. The number of hydrogen-bond acceptors (Lipinski definition) is 5. The van der Waals surface area contributed by atoms with E-state index in [9.17, 15) is 4.79 Å². The van der Waals surface area contributed by atoms with Crippen LogP contribution in [-0.2, 0) is 4.79 Å². The quantitative estimate of drug-likeness (QED) is 0.437. The summed E-state index contributed by atoms with van der Waals surface area (Å²) in [5.41, 5.74) is 6.37. The van der Waals surface area contributed by atoms with Gasteiger partial charge in [-0.3, -0.25) is 9.79 Å². The summed E-state index contributed by atoms with van der Waals surface area (Å²) >= 11 is 1.69. The van der Waals surface area contributed by atoms with Crippen LogP contribution in [0.15, 0.2) is 40.4 Å². The lowest BCUT2D eigenvalue weighted by Gasteiger charge is -2.02. The Balaban J connectivity index is 0.000000235. The van der Waals surface area contributed by atoms with Crippen molar-refractivity contribution in [1.29, 1.82) is 0 Å². The van der Waals surface area contributed by atoms with Crippen molar-refractivity contribution in [3.63, 3.8) is 0 Å². The number of nitrogens with zero attached hydrogens (tertiary/aromatic N) is 1. The Hall–Kier alpha value is -1.92. The van der Waals surface area contributed by atoms with Crippen molar-refractivity contribution in [3.8, 4) is 0 Å². The maximum atomic E-state index is 9.82. The molecule has 114 valence electrons. The van der Waals surface area contributed by atoms with Gasteiger partial charge >= 0.3 is 0 Å². The SMILES string of the molecule is CN=C/C=C(N)/C=C/c1cccs1.O=CNC1CCNC1. The molecule has 4 N–H and O–H groups in total. The molecule has 1 amide bonds. The zero-order valence-electron chi connectivity index (χ0n) is 12.2. The van der Waals surface area contributed by atoms with E-state index >= 15 is 0 Å². The van der Waals surface area contributed by atoms with Gasteiger partial charge < -0.3 is 16.4 Å².